The van der Waals surface area contributed by atoms with Gasteiger partial charge in [-0.15, -0.1) is 5.11 Å². The Bertz CT molecular complexity index is 2040. The average Bonchev–Trinajstić information content (AvgIpc) is 3.02. The molecule has 4 aromatic carbocycles. The van der Waals surface area contributed by atoms with Gasteiger partial charge in [-0.05, 0) is 71.6 Å². The van der Waals surface area contributed by atoms with E-state index in [0.717, 1.165) is 12.1 Å². The number of rotatable bonds is 13. The maximum absolute atomic E-state index is 11.4. The molecule has 5 rings (SSSR count). The predicted octanol–water partition coefficient (Wildman–Crippen LogP) is -4.34. The van der Waals surface area contributed by atoms with E-state index in [1.165, 1.54) is 18.2 Å². The second kappa shape index (κ2) is 20.7. The van der Waals surface area contributed by atoms with Crippen molar-refractivity contribution in [3.63, 3.8) is 0 Å². The van der Waals surface area contributed by atoms with Crippen LogP contribution in [-0.4, -0.2) is 33.0 Å². The van der Waals surface area contributed by atoms with Gasteiger partial charge in [0.15, 0.2) is 5.75 Å². The monoisotopic (exact) mass is 773 g/mol. The smallest absolute Gasteiger partial charge is 0.744 e. The fourth-order valence-corrected chi connectivity index (χ4v) is 5.42. The maximum Gasteiger partial charge on any atom is 1.00 e. The van der Waals surface area contributed by atoms with Gasteiger partial charge in [0.05, 0.1) is 39.6 Å². The van der Waals surface area contributed by atoms with Gasteiger partial charge in [-0.1, -0.05) is 18.2 Å². The second-order valence-electron chi connectivity index (χ2n) is 8.63. The molecule has 0 fully saturated rings. The molecule has 1 heterocycles. The molecule has 17 nitrogen and oxygen atoms in total. The van der Waals surface area contributed by atoms with Crippen LogP contribution in [0.2, 0.25) is 5.28 Å². The molecule has 238 valence electrons. The molecule has 5 aromatic rings. The molecule has 0 saturated heterocycles. The molecule has 3 N–H and O–H groups in total. The van der Waals surface area contributed by atoms with Crippen molar-refractivity contribution in [3.8, 4) is 5.75 Å². The van der Waals surface area contributed by atoms with Gasteiger partial charge in [0, 0.05) is 21.7 Å². The van der Waals surface area contributed by atoms with E-state index < -0.39 is 15.0 Å². The predicted molar refractivity (Wildman–Crippen MR) is 158 cm³/mol. The summed E-state index contributed by atoms with van der Waals surface area (Å²) in [6, 6.07) is 17.9. The van der Waals surface area contributed by atoms with E-state index in [2.05, 4.69) is 54.6 Å². The number of anilines is 4. The van der Waals surface area contributed by atoms with Gasteiger partial charge in [-0.3, -0.25) is 10.1 Å². The largest absolute Gasteiger partial charge is 1.00 e. The Morgan fingerprint density at radius 3 is 2.12 bits per heavy atom. The average molecular weight is 774 g/mol. The quantitative estimate of drug-likeness (QED) is 0.0256. The van der Waals surface area contributed by atoms with Crippen LogP contribution >= 0.6 is 35.7 Å². The third kappa shape index (κ3) is 12.5. The summed E-state index contributed by atoms with van der Waals surface area (Å²) >= 11 is 7.23. The molecule has 0 amide bonds. The molecule has 1 aromatic heterocycles. The minimum atomic E-state index is -4.69. The number of aromatic hydroxyl groups is 1. The Morgan fingerprint density at radius 2 is 1.45 bits per heavy atom. The second-order valence-corrected chi connectivity index (χ2v) is 11.9. The van der Waals surface area contributed by atoms with Gasteiger partial charge in [0.25, 0.3) is 0 Å². The zero-order chi connectivity index (χ0) is 32.7. The summed E-state index contributed by atoms with van der Waals surface area (Å²) in [6.07, 6.45) is 0. The Hall–Kier alpha value is -1.19. The number of fused-ring (bicyclic) bond motifs is 1. The van der Waals surface area contributed by atoms with Crippen LogP contribution in [0.3, 0.4) is 0 Å². The number of nitrogens with zero attached hydrogens (tertiary/aromatic N) is 5. The number of phenols is 1. The molecule has 24 heteroatoms. The van der Waals surface area contributed by atoms with Gasteiger partial charge in [-0.2, -0.15) is 28.7 Å². The minimum absolute atomic E-state index is 0. The number of nitrogens with one attached hydrogen (secondary N) is 2. The molecule has 0 aliphatic rings. The van der Waals surface area contributed by atoms with Crippen LogP contribution in [0, 0.1) is 0 Å². The van der Waals surface area contributed by atoms with Gasteiger partial charge in [-0.25, -0.2) is 8.42 Å². The first kappa shape index (κ1) is 44.0. The van der Waals surface area contributed by atoms with Crippen molar-refractivity contribution in [2.45, 2.75) is 14.7 Å². The van der Waals surface area contributed by atoms with E-state index in [1.807, 2.05) is 0 Å². The van der Waals surface area contributed by atoms with Crippen LogP contribution < -0.4 is 110 Å². The molecule has 0 radical (unpaired) electrons. The summed E-state index contributed by atoms with van der Waals surface area (Å²) in [5.41, 5.74) is 0.853. The first-order valence-corrected chi connectivity index (χ1v) is 15.5. The number of benzene rings is 4. The van der Waals surface area contributed by atoms with Crippen molar-refractivity contribution in [2.75, 3.05) is 10.6 Å². The molecule has 0 spiro atoms. The van der Waals surface area contributed by atoms with E-state index >= 15 is 0 Å². The number of hydrogen-bond donors (Lipinski definition) is 3. The van der Waals surface area contributed by atoms with E-state index in [0.29, 0.717) is 51.1 Å². The van der Waals surface area contributed by atoms with Gasteiger partial charge < -0.3 is 30.8 Å². The molecule has 49 heavy (non-hydrogen) atoms. The minimum Gasteiger partial charge on any atom is -0.744 e. The number of azo groups is 1. The van der Waals surface area contributed by atoms with E-state index in [9.17, 15) is 28.6 Å². The Balaban J connectivity index is 0.00000278. The summed E-state index contributed by atoms with van der Waals surface area (Å²) in [7, 11) is -4.69. The zero-order valence-corrected chi connectivity index (χ0v) is 34.6. The van der Waals surface area contributed by atoms with E-state index in [-0.39, 0.29) is 128 Å². The third-order valence-electron chi connectivity index (χ3n) is 5.69. The van der Waals surface area contributed by atoms with Gasteiger partial charge in [0.2, 0.25) is 17.2 Å². The van der Waals surface area contributed by atoms with Gasteiger partial charge >= 0.3 is 88.7 Å². The Labute approximate surface area is 357 Å². The zero-order valence-electron chi connectivity index (χ0n) is 25.4. The van der Waals surface area contributed by atoms with Crippen LogP contribution in [-0.2, 0) is 28.9 Å². The van der Waals surface area contributed by atoms with Crippen LogP contribution in [0.25, 0.3) is 10.8 Å². The standard InChI is InChI=1S/C25H18ClN7O10S3.3Na/c26-23-29-24(27-14-3-2-6-18(11-14)46(37,38)39)31-25(30-23)28-15-8-7-13-9-20(45-43-41-36)21(22(34)19(13)12-15)33-32-16-4-1-5-17(10-16)44-42-40-35;;;/h1-12,34-36H,(H,37,38,39)(H2,27,28,29,30,31);;;/q;3*+1/p-3. The maximum atomic E-state index is 11.4. The number of hydrogen-bond acceptors (Lipinski definition) is 19. The van der Waals surface area contributed by atoms with Crippen molar-refractivity contribution in [1.82, 2.24) is 15.0 Å². The van der Waals surface area contributed by atoms with Gasteiger partial charge in [0.1, 0.15) is 15.8 Å². The van der Waals surface area contributed by atoms with Crippen molar-refractivity contribution in [1.29, 1.82) is 0 Å². The van der Waals surface area contributed by atoms with E-state index in [4.69, 9.17) is 11.6 Å². The fraction of sp³-hybridized carbons (Fsp3) is 0. The van der Waals surface area contributed by atoms with Crippen molar-refractivity contribution in [3.05, 3.63) is 78.1 Å². The normalized spacial score (nSPS) is 11.0. The first-order valence-electron chi connectivity index (χ1n) is 12.2. The molecular weight excluding hydrogens is 759 g/mol. The summed E-state index contributed by atoms with van der Waals surface area (Å²) in [5, 5.41) is 53.2. The molecular formula is C25H15ClN7Na3O10S3. The number of phenolic OH excluding ortho intramolecular Hbond substituents is 1. The SMILES string of the molecule is O=S(=O)([O-])c1cccc(Nc2nc(Cl)nc(Nc3ccc4cc(SOO[O-])c(N=Nc5cccc(SOO[O-])c5)c(O)c4c3)n2)c1.[Na+].[Na+].[Na+]. The first-order chi connectivity index (χ1) is 22.1. The fourth-order valence-electron chi connectivity index (χ4n) is 3.84. The molecule has 0 aliphatic heterocycles. The molecule has 0 saturated carbocycles. The van der Waals surface area contributed by atoms with E-state index in [1.54, 1.807) is 42.5 Å². The number of halogens is 1. The van der Waals surface area contributed by atoms with Crippen LogP contribution in [0.4, 0.5) is 34.6 Å². The molecule has 0 unspecified atom stereocenters. The summed E-state index contributed by atoms with van der Waals surface area (Å²) in [4.78, 5) is 12.4. The number of aromatic nitrogens is 3. The van der Waals surface area contributed by atoms with Crippen molar-refractivity contribution in [2.24, 2.45) is 10.2 Å². The van der Waals surface area contributed by atoms with Crippen LogP contribution in [0.15, 0.2) is 97.7 Å². The molecule has 0 bridgehead atoms. The molecule has 0 atom stereocenters. The Kier molecular flexibility index (Phi) is 18.6. The topological polar surface area (TPSA) is 248 Å². The summed E-state index contributed by atoms with van der Waals surface area (Å²) in [5.74, 6) is -0.419. The summed E-state index contributed by atoms with van der Waals surface area (Å²) in [6.45, 7) is 0. The van der Waals surface area contributed by atoms with Crippen molar-refractivity contribution < 1.29 is 136 Å². The van der Waals surface area contributed by atoms with Crippen LogP contribution in [0.5, 0.6) is 5.75 Å². The van der Waals surface area contributed by atoms with Crippen LogP contribution in [0.1, 0.15) is 0 Å². The summed E-state index contributed by atoms with van der Waals surface area (Å²) < 4.78 is 42.9. The molecule has 0 aliphatic carbocycles. The van der Waals surface area contributed by atoms with Crippen molar-refractivity contribution >= 4 is 91.2 Å². The Morgan fingerprint density at radius 1 is 0.796 bits per heavy atom. The third-order valence-corrected chi connectivity index (χ3v) is 7.87.